The molecule has 0 aromatic heterocycles. The van der Waals surface area contributed by atoms with Crippen LogP contribution >= 0.6 is 24.8 Å². The molecular weight excluding hydrogens is 703 g/mol. The van der Waals surface area contributed by atoms with Crippen molar-refractivity contribution < 1.29 is 24.2 Å². The molecule has 2 aliphatic rings. The Morgan fingerprint density at radius 1 is 0.667 bits per heavy atom. The van der Waals surface area contributed by atoms with Crippen LogP contribution in [0.2, 0.25) is 0 Å². The molecule has 0 heterocycles. The van der Waals surface area contributed by atoms with Gasteiger partial charge in [-0.3, -0.25) is 6.08 Å². The van der Waals surface area contributed by atoms with Crippen LogP contribution in [0.15, 0.2) is 97.1 Å². The second kappa shape index (κ2) is 18.1. The number of halogens is 2. The van der Waals surface area contributed by atoms with Gasteiger partial charge in [-0.1, -0.05) is 76.3 Å². The van der Waals surface area contributed by atoms with Crippen LogP contribution in [-0.2, 0) is 41.5 Å². The molecule has 0 bridgehead atoms. The molecule has 252 valence electrons. The zero-order chi connectivity index (χ0) is 33.6. The normalized spacial score (nSPS) is 12.6. The number of fused-ring (bicyclic) bond motifs is 3. The number of hydrogen-bond acceptors (Lipinski definition) is 0. The molecule has 0 fully saturated rings. The number of allylic oxidation sites excluding steroid dienone is 4. The summed E-state index contributed by atoms with van der Waals surface area (Å²) in [7, 11) is 0. The van der Waals surface area contributed by atoms with Crippen molar-refractivity contribution in [3.05, 3.63) is 154 Å². The molecule has 2 aliphatic carbocycles. The Morgan fingerprint density at radius 3 is 1.56 bits per heavy atom. The van der Waals surface area contributed by atoms with Gasteiger partial charge in [-0.25, -0.2) is 12.2 Å². The molecule has 0 saturated heterocycles. The molecule has 48 heavy (non-hydrogen) atoms. The molecule has 3 heteroatoms. The van der Waals surface area contributed by atoms with Gasteiger partial charge >= 0.3 is 138 Å². The van der Waals surface area contributed by atoms with E-state index in [0.29, 0.717) is 11.8 Å². The molecule has 0 atom stereocenters. The largest absolute Gasteiger partial charge is 0.273 e. The number of hydrogen-bond donors (Lipinski definition) is 0. The molecule has 6 rings (SSSR count). The van der Waals surface area contributed by atoms with E-state index in [-0.39, 0.29) is 35.6 Å². The van der Waals surface area contributed by atoms with E-state index in [4.69, 9.17) is 0 Å². The second-order valence-corrected chi connectivity index (χ2v) is 16.5. The van der Waals surface area contributed by atoms with Gasteiger partial charge in [-0.2, -0.15) is 35.4 Å². The van der Waals surface area contributed by atoms with Gasteiger partial charge in [0.1, 0.15) is 0 Å². The van der Waals surface area contributed by atoms with E-state index in [1.807, 2.05) is 12.2 Å². The summed E-state index contributed by atoms with van der Waals surface area (Å²) in [5.74, 6) is 1.20. The minimum absolute atomic E-state index is 0. The van der Waals surface area contributed by atoms with Crippen LogP contribution in [-0.4, -0.2) is 3.21 Å². The molecule has 0 spiro atoms. The zero-order valence-electron chi connectivity index (χ0n) is 30.6. The van der Waals surface area contributed by atoms with E-state index in [1.165, 1.54) is 83.1 Å². The van der Waals surface area contributed by atoms with E-state index in [1.54, 1.807) is 0 Å². The Morgan fingerprint density at radius 2 is 1.17 bits per heavy atom. The smallest absolute Gasteiger partial charge is 0.109 e. The summed E-state index contributed by atoms with van der Waals surface area (Å²) < 4.78 is 1.43. The first-order valence-electron chi connectivity index (χ1n) is 16.8. The summed E-state index contributed by atoms with van der Waals surface area (Å²) in [6, 6.07) is 33.1. The van der Waals surface area contributed by atoms with E-state index in [0.717, 1.165) is 12.8 Å². The fourth-order valence-electron chi connectivity index (χ4n) is 5.56. The minimum Gasteiger partial charge on any atom is -0.273 e. The van der Waals surface area contributed by atoms with Gasteiger partial charge in [0.15, 0.2) is 0 Å². The van der Waals surface area contributed by atoms with Gasteiger partial charge in [-0.15, -0.1) is 36.8 Å². The maximum absolute atomic E-state index is 3.53. The third kappa shape index (κ3) is 11.1. The first kappa shape index (κ1) is 41.9. The van der Waals surface area contributed by atoms with Gasteiger partial charge in [0.2, 0.25) is 0 Å². The van der Waals surface area contributed by atoms with Gasteiger partial charge in [-0.05, 0) is 17.4 Å². The van der Waals surface area contributed by atoms with Crippen LogP contribution in [0.1, 0.15) is 132 Å². The van der Waals surface area contributed by atoms with Crippen molar-refractivity contribution in [2.75, 3.05) is 0 Å². The predicted molar refractivity (Wildman–Crippen MR) is 211 cm³/mol. The first-order valence-corrected chi connectivity index (χ1v) is 18.1. The molecule has 0 nitrogen and oxygen atoms in total. The molecular formula is C45H54Cl2Zr. The van der Waals surface area contributed by atoms with Gasteiger partial charge < -0.3 is 0 Å². The topological polar surface area (TPSA) is 0 Å². The van der Waals surface area contributed by atoms with Crippen LogP contribution in [0.3, 0.4) is 0 Å². The van der Waals surface area contributed by atoms with E-state index < -0.39 is 0 Å². The maximum atomic E-state index is 3.53. The third-order valence-electron chi connectivity index (χ3n) is 8.84. The molecule has 0 aliphatic heterocycles. The summed E-state index contributed by atoms with van der Waals surface area (Å²) in [6.45, 7) is 22.6. The Bertz CT molecular complexity index is 1570. The van der Waals surface area contributed by atoms with Crippen molar-refractivity contribution in [1.29, 1.82) is 0 Å². The van der Waals surface area contributed by atoms with Gasteiger partial charge in [0.05, 0.1) is 0 Å². The number of rotatable bonds is 4. The van der Waals surface area contributed by atoms with Gasteiger partial charge in [0, 0.05) is 0 Å². The molecule has 4 aromatic rings. The Labute approximate surface area is 319 Å². The molecule has 0 unspecified atom stereocenters. The van der Waals surface area contributed by atoms with Crippen LogP contribution in [0, 0.1) is 12.1 Å². The Hall–Kier alpha value is -2.31. The van der Waals surface area contributed by atoms with E-state index >= 15 is 0 Å². The standard InChI is InChI=1S/C21H25.C19H22.C5H5.2ClH.Zr/c1-20(2,3)16-9-7-14-11-15-8-10-17(21(4,5)6)13-19(15)18(14)12-16;1-14(2)18-9-5-16(6-10-18)13-17-7-11-19(12-8-17)15(3)4;1-2-4-5-3-1;;;/h7,9-10,12-13H,11H2,1-6H3;5-12,14-15H,1-4H3;1-3H,4H2;2*1H;/q-1;;-1;;;+2. The maximum Gasteiger partial charge on any atom is -0.109 e. The van der Waals surface area contributed by atoms with Crippen molar-refractivity contribution in [2.24, 2.45) is 0 Å². The summed E-state index contributed by atoms with van der Waals surface area (Å²) in [4.78, 5) is 0. The van der Waals surface area contributed by atoms with Crippen LogP contribution in [0.4, 0.5) is 0 Å². The van der Waals surface area contributed by atoms with Crippen molar-refractivity contribution in [1.82, 2.24) is 0 Å². The van der Waals surface area contributed by atoms with Crippen molar-refractivity contribution >= 4 is 28.0 Å². The fraction of sp³-hybridized carbons (Fsp3) is 0.356. The average molecular weight is 757 g/mol. The van der Waals surface area contributed by atoms with Crippen LogP contribution < -0.4 is 0 Å². The molecule has 0 radical (unpaired) electrons. The minimum atomic E-state index is 0. The SMILES string of the molecule is CC(C)(C)c1c[c-]c2c(c1)-c1cc(C(C)(C)C)ccc1C2.CC(C)c1ccc([C](=[Zr+2])c2ccc(C(C)C)cc2)cc1.Cl.Cl.[C-]1=CC=CC1. The number of benzene rings is 4. The Balaban J connectivity index is 0.000000281. The van der Waals surface area contributed by atoms with Crippen LogP contribution in [0.25, 0.3) is 11.1 Å². The van der Waals surface area contributed by atoms with Crippen molar-refractivity contribution in [3.8, 4) is 11.1 Å². The quantitative estimate of drug-likeness (QED) is 0.160. The first-order chi connectivity index (χ1) is 21.6. The Kier molecular flexibility index (Phi) is 15.8. The predicted octanol–water partition coefficient (Wildman–Crippen LogP) is 12.9. The van der Waals surface area contributed by atoms with Crippen molar-refractivity contribution in [3.63, 3.8) is 0 Å². The fourth-order valence-corrected chi connectivity index (χ4v) is 6.38. The van der Waals surface area contributed by atoms with E-state index in [2.05, 4.69) is 166 Å². The third-order valence-corrected chi connectivity index (χ3v) is 10.3. The van der Waals surface area contributed by atoms with Crippen LogP contribution in [0.5, 0.6) is 0 Å². The molecule has 0 amide bonds. The van der Waals surface area contributed by atoms with Gasteiger partial charge in [0.25, 0.3) is 0 Å². The second-order valence-electron chi connectivity index (χ2n) is 15.3. The summed E-state index contributed by atoms with van der Waals surface area (Å²) in [6.07, 6.45) is 11.0. The monoisotopic (exact) mass is 754 g/mol. The zero-order valence-corrected chi connectivity index (χ0v) is 34.7. The molecule has 4 aromatic carbocycles. The van der Waals surface area contributed by atoms with E-state index in [9.17, 15) is 0 Å². The van der Waals surface area contributed by atoms with Crippen molar-refractivity contribution in [2.45, 2.75) is 105 Å². The summed E-state index contributed by atoms with van der Waals surface area (Å²) in [5, 5.41) is 0. The summed E-state index contributed by atoms with van der Waals surface area (Å²) in [5.41, 5.74) is 14.3. The average Bonchev–Trinajstić information content (AvgIpc) is 3.72. The summed E-state index contributed by atoms with van der Waals surface area (Å²) >= 11 is 1.47. The molecule has 0 N–H and O–H groups in total. The molecule has 0 saturated carbocycles.